The molecule has 0 atom stereocenters. The first-order valence-electron chi connectivity index (χ1n) is 8.72. The van der Waals surface area contributed by atoms with Gasteiger partial charge >= 0.3 is 0 Å². The number of nitrogens with zero attached hydrogens (tertiary/aromatic N) is 3. The molecule has 0 spiro atoms. The summed E-state index contributed by atoms with van der Waals surface area (Å²) in [7, 11) is 0. The average Bonchev–Trinajstić information content (AvgIpc) is 2.68. The van der Waals surface area contributed by atoms with Crippen molar-refractivity contribution in [2.75, 3.05) is 18.0 Å². The van der Waals surface area contributed by atoms with E-state index in [1.54, 1.807) is 24.4 Å². The maximum absolute atomic E-state index is 12.8. The number of hydrogen-bond donors (Lipinski definition) is 2. The van der Waals surface area contributed by atoms with Crippen molar-refractivity contribution in [3.63, 3.8) is 0 Å². The third-order valence-electron chi connectivity index (χ3n) is 4.95. The van der Waals surface area contributed by atoms with E-state index in [9.17, 15) is 9.59 Å². The molecule has 1 saturated heterocycles. The average molecular weight is 384 g/mol. The Kier molecular flexibility index (Phi) is 4.53. The molecule has 1 amide bonds. The summed E-state index contributed by atoms with van der Waals surface area (Å²) in [6.07, 6.45) is 2.94. The van der Waals surface area contributed by atoms with E-state index in [1.807, 2.05) is 17.0 Å². The SMILES string of the molecule is NC(=O)C1CCN(c2nc3nccc(-c4ccc(Cl)cc4)c3c(=O)[nH]2)CC1. The predicted molar refractivity (Wildman–Crippen MR) is 105 cm³/mol. The minimum atomic E-state index is -0.274. The second-order valence-corrected chi connectivity index (χ2v) is 7.05. The van der Waals surface area contributed by atoms with E-state index in [4.69, 9.17) is 17.3 Å². The van der Waals surface area contributed by atoms with E-state index in [-0.39, 0.29) is 17.4 Å². The van der Waals surface area contributed by atoms with Gasteiger partial charge in [-0.1, -0.05) is 23.7 Å². The lowest BCUT2D eigenvalue weighted by molar-refractivity contribution is -0.122. The largest absolute Gasteiger partial charge is 0.369 e. The number of anilines is 1. The molecule has 0 bridgehead atoms. The summed E-state index contributed by atoms with van der Waals surface area (Å²) in [6.45, 7) is 1.22. The third kappa shape index (κ3) is 3.38. The minimum Gasteiger partial charge on any atom is -0.369 e. The standard InChI is InChI=1S/C19H18ClN5O2/c20-13-3-1-11(2-4-13)14-5-8-22-17-15(14)18(27)24-19(23-17)25-9-6-12(7-10-25)16(21)26/h1-5,8,12H,6-7,9-10H2,(H2,21,26)(H,22,23,24,27). The number of H-pyrrole nitrogens is 1. The first-order chi connectivity index (χ1) is 13.0. The molecule has 1 aliphatic rings. The number of piperidine rings is 1. The monoisotopic (exact) mass is 383 g/mol. The van der Waals surface area contributed by atoms with Gasteiger partial charge in [0, 0.05) is 30.2 Å². The van der Waals surface area contributed by atoms with Crippen LogP contribution in [0.5, 0.6) is 0 Å². The van der Waals surface area contributed by atoms with Crippen molar-refractivity contribution in [1.82, 2.24) is 15.0 Å². The molecular weight excluding hydrogens is 366 g/mol. The van der Waals surface area contributed by atoms with Crippen LogP contribution >= 0.6 is 11.6 Å². The molecule has 2 aromatic heterocycles. The molecule has 3 N–H and O–H groups in total. The second kappa shape index (κ2) is 7.00. The summed E-state index contributed by atoms with van der Waals surface area (Å²) in [4.78, 5) is 37.8. The second-order valence-electron chi connectivity index (χ2n) is 6.62. The van der Waals surface area contributed by atoms with Gasteiger partial charge in [0.2, 0.25) is 11.9 Å². The number of nitrogens with one attached hydrogen (secondary N) is 1. The summed E-state index contributed by atoms with van der Waals surface area (Å²) < 4.78 is 0. The van der Waals surface area contributed by atoms with Crippen LogP contribution in [0, 0.1) is 5.92 Å². The number of primary amides is 1. The van der Waals surface area contributed by atoms with Crippen LogP contribution in [-0.2, 0) is 4.79 Å². The molecule has 138 valence electrons. The Labute approximate surface area is 160 Å². The summed E-state index contributed by atoms with van der Waals surface area (Å²) in [5.74, 6) is 0.0723. The summed E-state index contributed by atoms with van der Waals surface area (Å²) >= 11 is 5.96. The highest BCUT2D eigenvalue weighted by Gasteiger charge is 2.25. The third-order valence-corrected chi connectivity index (χ3v) is 5.20. The van der Waals surface area contributed by atoms with Crippen LogP contribution in [0.1, 0.15) is 12.8 Å². The fourth-order valence-corrected chi connectivity index (χ4v) is 3.57. The molecule has 1 fully saturated rings. The number of carbonyl (C=O) groups is 1. The van der Waals surface area contributed by atoms with Gasteiger partial charge in [-0.15, -0.1) is 0 Å². The van der Waals surface area contributed by atoms with E-state index in [2.05, 4.69) is 15.0 Å². The van der Waals surface area contributed by atoms with Crippen LogP contribution in [0.4, 0.5) is 5.95 Å². The van der Waals surface area contributed by atoms with Crippen molar-refractivity contribution in [2.24, 2.45) is 11.7 Å². The number of carbonyl (C=O) groups excluding carboxylic acids is 1. The maximum Gasteiger partial charge on any atom is 0.262 e. The van der Waals surface area contributed by atoms with Crippen LogP contribution in [0.25, 0.3) is 22.2 Å². The normalized spacial score (nSPS) is 15.2. The zero-order chi connectivity index (χ0) is 19.0. The fraction of sp³-hybridized carbons (Fsp3) is 0.263. The molecule has 1 aliphatic heterocycles. The number of halogens is 1. The zero-order valence-corrected chi connectivity index (χ0v) is 15.2. The molecule has 4 rings (SSSR count). The van der Waals surface area contributed by atoms with Gasteiger partial charge in [-0.2, -0.15) is 4.98 Å². The Hall–Kier alpha value is -2.93. The highest BCUT2D eigenvalue weighted by Crippen LogP contribution is 2.27. The van der Waals surface area contributed by atoms with Gasteiger partial charge < -0.3 is 10.6 Å². The smallest absolute Gasteiger partial charge is 0.262 e. The van der Waals surface area contributed by atoms with E-state index < -0.39 is 0 Å². The molecule has 1 aromatic carbocycles. The first kappa shape index (κ1) is 17.5. The van der Waals surface area contributed by atoms with Crippen molar-refractivity contribution < 1.29 is 4.79 Å². The Morgan fingerprint density at radius 2 is 1.89 bits per heavy atom. The molecule has 0 saturated carbocycles. The molecule has 0 unspecified atom stereocenters. The van der Waals surface area contributed by atoms with Crippen LogP contribution in [0.3, 0.4) is 0 Å². The molecule has 3 aromatic rings. The minimum absolute atomic E-state index is 0.122. The number of aromatic amines is 1. The highest BCUT2D eigenvalue weighted by molar-refractivity contribution is 6.30. The van der Waals surface area contributed by atoms with Crippen LogP contribution in [0.15, 0.2) is 41.3 Å². The molecule has 3 heterocycles. The summed E-state index contributed by atoms with van der Waals surface area (Å²) in [5.41, 5.74) is 7.15. The highest BCUT2D eigenvalue weighted by atomic mass is 35.5. The van der Waals surface area contributed by atoms with Gasteiger partial charge in [0.1, 0.15) is 0 Å². The van der Waals surface area contributed by atoms with Crippen molar-refractivity contribution in [2.45, 2.75) is 12.8 Å². The van der Waals surface area contributed by atoms with Crippen LogP contribution in [-0.4, -0.2) is 33.9 Å². The lowest BCUT2D eigenvalue weighted by atomic mass is 9.96. The lowest BCUT2D eigenvalue weighted by Gasteiger charge is -2.30. The van der Waals surface area contributed by atoms with E-state index in [0.717, 1.165) is 11.1 Å². The number of fused-ring (bicyclic) bond motifs is 1. The molecule has 27 heavy (non-hydrogen) atoms. The maximum atomic E-state index is 12.8. The molecule has 0 aliphatic carbocycles. The number of rotatable bonds is 3. The number of benzene rings is 1. The summed E-state index contributed by atoms with van der Waals surface area (Å²) in [5, 5.41) is 1.07. The number of aromatic nitrogens is 3. The van der Waals surface area contributed by atoms with Gasteiger partial charge in [-0.05, 0) is 42.2 Å². The van der Waals surface area contributed by atoms with Gasteiger partial charge in [-0.3, -0.25) is 14.6 Å². The van der Waals surface area contributed by atoms with Gasteiger partial charge in [-0.25, -0.2) is 4.98 Å². The molecule has 7 nitrogen and oxygen atoms in total. The Morgan fingerprint density at radius 1 is 1.19 bits per heavy atom. The zero-order valence-electron chi connectivity index (χ0n) is 14.5. The molecule has 8 heteroatoms. The van der Waals surface area contributed by atoms with Crippen LogP contribution in [0.2, 0.25) is 5.02 Å². The number of pyridine rings is 1. The van der Waals surface area contributed by atoms with Crippen molar-refractivity contribution in [1.29, 1.82) is 0 Å². The van der Waals surface area contributed by atoms with Crippen molar-refractivity contribution >= 4 is 34.5 Å². The number of nitrogens with two attached hydrogens (primary N) is 1. The quantitative estimate of drug-likeness (QED) is 0.722. The number of amides is 1. The van der Waals surface area contributed by atoms with Crippen molar-refractivity contribution in [3.05, 3.63) is 51.9 Å². The molecule has 0 radical (unpaired) electrons. The molecular formula is C19H18ClN5O2. The topological polar surface area (TPSA) is 105 Å². The Balaban J connectivity index is 1.72. The van der Waals surface area contributed by atoms with Crippen LogP contribution < -0.4 is 16.2 Å². The Bertz CT molecular complexity index is 1060. The lowest BCUT2D eigenvalue weighted by Crippen LogP contribution is -2.40. The van der Waals surface area contributed by atoms with Crippen molar-refractivity contribution in [3.8, 4) is 11.1 Å². The van der Waals surface area contributed by atoms with E-state index >= 15 is 0 Å². The Morgan fingerprint density at radius 3 is 2.56 bits per heavy atom. The van der Waals surface area contributed by atoms with E-state index in [1.165, 1.54) is 0 Å². The van der Waals surface area contributed by atoms with Gasteiger partial charge in [0.25, 0.3) is 5.56 Å². The van der Waals surface area contributed by atoms with E-state index in [0.29, 0.717) is 47.9 Å². The first-order valence-corrected chi connectivity index (χ1v) is 9.10. The summed E-state index contributed by atoms with van der Waals surface area (Å²) in [6, 6.07) is 9.07. The fourth-order valence-electron chi connectivity index (χ4n) is 3.45. The van der Waals surface area contributed by atoms with Gasteiger partial charge in [0.15, 0.2) is 5.65 Å². The van der Waals surface area contributed by atoms with Gasteiger partial charge in [0.05, 0.1) is 5.39 Å². The number of hydrogen-bond acceptors (Lipinski definition) is 5. The predicted octanol–water partition coefficient (Wildman–Crippen LogP) is 2.34.